The highest BCUT2D eigenvalue weighted by Gasteiger charge is 2.85. The zero-order valence-corrected chi connectivity index (χ0v) is 21.0. The molecule has 3 saturated heterocycles. The van der Waals surface area contributed by atoms with Crippen LogP contribution in [0.15, 0.2) is 11.1 Å². The topological polar surface area (TPSA) is 106 Å². The molecule has 7 nitrogen and oxygen atoms in total. The second-order valence-electron chi connectivity index (χ2n) is 13.1. The zero-order chi connectivity index (χ0) is 24.5. The molecular weight excluding hydrogens is 448 g/mol. The van der Waals surface area contributed by atoms with Gasteiger partial charge in [0, 0.05) is 12.8 Å². The number of rotatable bonds is 3. The highest BCUT2D eigenvalue weighted by molar-refractivity contribution is 5.91. The second-order valence-corrected chi connectivity index (χ2v) is 13.1. The van der Waals surface area contributed by atoms with Crippen molar-refractivity contribution in [3.05, 3.63) is 11.1 Å². The Balaban J connectivity index is 1.17. The molecule has 0 radical (unpaired) electrons. The lowest BCUT2D eigenvalue weighted by molar-refractivity contribution is -0.244. The summed E-state index contributed by atoms with van der Waals surface area (Å²) in [4.78, 5) is 26.1. The summed E-state index contributed by atoms with van der Waals surface area (Å²) in [6, 6.07) is 0. The molecule has 0 aromatic heterocycles. The van der Waals surface area contributed by atoms with Crippen molar-refractivity contribution < 1.29 is 34.0 Å². The third kappa shape index (κ3) is 2.56. The van der Waals surface area contributed by atoms with Crippen LogP contribution in [0.2, 0.25) is 0 Å². The van der Waals surface area contributed by atoms with E-state index in [2.05, 4.69) is 13.8 Å². The van der Waals surface area contributed by atoms with E-state index in [9.17, 15) is 19.8 Å². The average molecular weight is 487 g/mol. The molecule has 0 amide bonds. The molecule has 4 aliphatic heterocycles. The highest BCUT2D eigenvalue weighted by atomic mass is 16.6. The van der Waals surface area contributed by atoms with Crippen LogP contribution in [-0.4, -0.2) is 65.2 Å². The number of ether oxygens (including phenoxy) is 3. The van der Waals surface area contributed by atoms with Gasteiger partial charge in [-0.2, -0.15) is 0 Å². The zero-order valence-electron chi connectivity index (χ0n) is 21.0. The summed E-state index contributed by atoms with van der Waals surface area (Å²) in [6.45, 7) is 6.76. The quantitative estimate of drug-likeness (QED) is 0.467. The van der Waals surface area contributed by atoms with Gasteiger partial charge in [-0.25, -0.2) is 4.79 Å². The number of aliphatic hydroxyl groups is 2. The molecule has 4 heterocycles. The summed E-state index contributed by atoms with van der Waals surface area (Å²) < 4.78 is 18.2. The number of ketones is 1. The first-order valence-electron chi connectivity index (χ1n) is 13.7. The molecule has 192 valence electrons. The van der Waals surface area contributed by atoms with E-state index in [1.165, 1.54) is 0 Å². The Morgan fingerprint density at radius 2 is 1.94 bits per heavy atom. The SMILES string of the molecule is CC1=C(CO)C(=O)O[C@@H]([C@@H](C)[C@H]2CC[C@H]3[C@@H]4C[C@H]5O[C@]56[C@@H](O)[C@@H]5CC(=O)[C@]6(CO5)[C@H]4CC[C@]23C)C1. The first-order valence-corrected chi connectivity index (χ1v) is 13.7. The number of aliphatic hydroxyl groups excluding tert-OH is 2. The highest BCUT2D eigenvalue weighted by Crippen LogP contribution is 2.75. The molecule has 0 aromatic rings. The fourth-order valence-electron chi connectivity index (χ4n) is 10.5. The van der Waals surface area contributed by atoms with Gasteiger partial charge < -0.3 is 24.4 Å². The van der Waals surface area contributed by atoms with Crippen LogP contribution in [0, 0.1) is 40.4 Å². The van der Waals surface area contributed by atoms with Gasteiger partial charge in [-0.15, -0.1) is 0 Å². The van der Waals surface area contributed by atoms with E-state index in [1.54, 1.807) is 0 Å². The summed E-state index contributed by atoms with van der Waals surface area (Å²) in [6.07, 6.45) is 4.90. The Kier molecular flexibility index (Phi) is 4.69. The maximum atomic E-state index is 13.6. The van der Waals surface area contributed by atoms with Gasteiger partial charge in [0.15, 0.2) is 0 Å². The van der Waals surface area contributed by atoms with Crippen LogP contribution < -0.4 is 0 Å². The van der Waals surface area contributed by atoms with E-state index >= 15 is 0 Å². The van der Waals surface area contributed by atoms with Crippen LogP contribution in [0.25, 0.3) is 0 Å². The van der Waals surface area contributed by atoms with Gasteiger partial charge >= 0.3 is 5.97 Å². The minimum absolute atomic E-state index is 0.0304. The molecule has 0 aromatic carbocycles. The maximum absolute atomic E-state index is 13.6. The van der Waals surface area contributed by atoms with Gasteiger partial charge in [0.1, 0.15) is 23.6 Å². The van der Waals surface area contributed by atoms with Crippen molar-refractivity contribution in [2.45, 2.75) is 95.7 Å². The number of hydrogen-bond acceptors (Lipinski definition) is 7. The third-order valence-corrected chi connectivity index (χ3v) is 12.2. The van der Waals surface area contributed by atoms with Crippen LogP contribution in [0.1, 0.15) is 65.7 Å². The Morgan fingerprint density at radius 1 is 1.14 bits per heavy atom. The summed E-state index contributed by atoms with van der Waals surface area (Å²) in [5.41, 5.74) is 0.108. The van der Waals surface area contributed by atoms with Gasteiger partial charge in [0.25, 0.3) is 0 Å². The first-order chi connectivity index (χ1) is 16.7. The first kappa shape index (κ1) is 22.9. The van der Waals surface area contributed by atoms with Crippen LogP contribution in [0.3, 0.4) is 0 Å². The van der Waals surface area contributed by atoms with E-state index in [4.69, 9.17) is 14.2 Å². The Morgan fingerprint density at radius 3 is 2.66 bits per heavy atom. The largest absolute Gasteiger partial charge is 0.458 e. The number of Topliss-reactive ketones (excluding diaryl/α,β-unsaturated/α-hetero) is 1. The lowest BCUT2D eigenvalue weighted by atomic mass is 9.42. The smallest absolute Gasteiger partial charge is 0.336 e. The monoisotopic (exact) mass is 486 g/mol. The normalized spacial score (nSPS) is 55.0. The Hall–Kier alpha value is -1.28. The minimum Gasteiger partial charge on any atom is -0.458 e. The molecule has 8 rings (SSSR count). The second kappa shape index (κ2) is 7.18. The predicted molar refractivity (Wildman–Crippen MR) is 124 cm³/mol. The van der Waals surface area contributed by atoms with Gasteiger partial charge in [-0.3, -0.25) is 4.79 Å². The predicted octanol–water partition coefficient (Wildman–Crippen LogP) is 2.57. The number of epoxide rings is 1. The number of carbonyl (C=O) groups is 2. The molecule has 7 heteroatoms. The van der Waals surface area contributed by atoms with E-state index in [0.717, 1.165) is 37.7 Å². The molecule has 7 fully saturated rings. The van der Waals surface area contributed by atoms with Crippen molar-refractivity contribution in [3.63, 3.8) is 0 Å². The van der Waals surface area contributed by atoms with E-state index in [0.29, 0.717) is 42.8 Å². The third-order valence-electron chi connectivity index (χ3n) is 12.2. The Labute approximate surface area is 206 Å². The lowest BCUT2D eigenvalue weighted by Crippen LogP contribution is -2.74. The molecule has 35 heavy (non-hydrogen) atoms. The van der Waals surface area contributed by atoms with E-state index in [-0.39, 0.29) is 47.8 Å². The summed E-state index contributed by atoms with van der Waals surface area (Å²) in [5, 5.41) is 20.7. The molecule has 4 saturated carbocycles. The number of hydrogen-bond donors (Lipinski definition) is 2. The van der Waals surface area contributed by atoms with Gasteiger partial charge in [-0.1, -0.05) is 19.4 Å². The summed E-state index contributed by atoms with van der Waals surface area (Å²) in [7, 11) is 0. The number of fused-ring (bicyclic) bond motifs is 5. The van der Waals surface area contributed by atoms with Crippen molar-refractivity contribution in [1.82, 2.24) is 0 Å². The summed E-state index contributed by atoms with van der Waals surface area (Å²) in [5.74, 6) is 1.68. The van der Waals surface area contributed by atoms with Crippen molar-refractivity contribution >= 4 is 11.8 Å². The number of carbonyl (C=O) groups excluding carboxylic acids is 2. The fraction of sp³-hybridized carbons (Fsp3) is 0.857. The van der Waals surface area contributed by atoms with Crippen LogP contribution >= 0.6 is 0 Å². The Bertz CT molecular complexity index is 1020. The number of esters is 1. The molecule has 2 spiro atoms. The van der Waals surface area contributed by atoms with Crippen molar-refractivity contribution in [2.24, 2.45) is 40.4 Å². The fourth-order valence-corrected chi connectivity index (χ4v) is 10.5. The van der Waals surface area contributed by atoms with Crippen molar-refractivity contribution in [1.29, 1.82) is 0 Å². The van der Waals surface area contributed by atoms with Crippen LogP contribution in [-0.2, 0) is 23.8 Å². The molecular formula is C28H38O7. The molecule has 2 bridgehead atoms. The minimum atomic E-state index is -0.698. The molecule has 0 unspecified atom stereocenters. The van der Waals surface area contributed by atoms with E-state index < -0.39 is 23.2 Å². The van der Waals surface area contributed by atoms with Gasteiger partial charge in [-0.05, 0) is 74.0 Å². The van der Waals surface area contributed by atoms with Gasteiger partial charge in [0.05, 0.1) is 36.4 Å². The van der Waals surface area contributed by atoms with Crippen LogP contribution in [0.4, 0.5) is 0 Å². The molecule has 12 atom stereocenters. The van der Waals surface area contributed by atoms with Crippen LogP contribution in [0.5, 0.6) is 0 Å². The molecule has 2 N–H and O–H groups in total. The summed E-state index contributed by atoms with van der Waals surface area (Å²) >= 11 is 0. The van der Waals surface area contributed by atoms with Crippen molar-refractivity contribution in [3.8, 4) is 0 Å². The van der Waals surface area contributed by atoms with Gasteiger partial charge in [0.2, 0.25) is 0 Å². The lowest BCUT2D eigenvalue weighted by Gasteiger charge is -2.62. The van der Waals surface area contributed by atoms with E-state index in [1.807, 2.05) is 6.92 Å². The average Bonchev–Trinajstić information content (AvgIpc) is 3.44. The molecule has 8 aliphatic rings. The molecule has 4 aliphatic carbocycles. The number of cyclic esters (lactones) is 1. The standard InChI is InChI=1S/C28H38O7/c1-13-8-20(34-25(32)16(13)11-29)14(2)17-4-5-18-15-9-23-28(35-23)24(31)21-10-22(30)27(28,12-33-21)19(15)6-7-26(17,18)3/h14-15,17-21,23-24,29,31H,4-12H2,1-3H3/t14-,15-,17+,18-,19-,20+,21-,23+,24-,26+,27-,28-/m0/s1. The van der Waals surface area contributed by atoms with Crippen molar-refractivity contribution in [2.75, 3.05) is 13.2 Å². The maximum Gasteiger partial charge on any atom is 0.336 e.